The number of hydrogen-bond acceptors (Lipinski definition) is 7. The lowest BCUT2D eigenvalue weighted by molar-refractivity contribution is -0.274. The Hall–Kier alpha value is -3.81. The number of tetrazole rings is 1. The van der Waals surface area contributed by atoms with Crippen LogP contribution in [0, 0.1) is 5.82 Å². The normalized spacial score (nSPS) is 11.2. The number of amides is 2. The summed E-state index contributed by atoms with van der Waals surface area (Å²) in [4.78, 5) is 28.3. The number of alkyl halides is 3. The molecule has 2 heterocycles. The zero-order valence-electron chi connectivity index (χ0n) is 15.2. The summed E-state index contributed by atoms with van der Waals surface area (Å²) in [6.45, 7) is 0. The van der Waals surface area contributed by atoms with Gasteiger partial charge in [0.1, 0.15) is 5.69 Å². The second-order valence-corrected chi connectivity index (χ2v) is 6.12. The zero-order valence-corrected chi connectivity index (χ0v) is 16.0. The van der Waals surface area contributed by atoms with Gasteiger partial charge in [-0.05, 0) is 28.6 Å². The van der Waals surface area contributed by atoms with Gasteiger partial charge in [0, 0.05) is 13.2 Å². The molecule has 31 heavy (non-hydrogen) atoms. The third kappa shape index (κ3) is 5.03. The number of nitrogens with zero attached hydrogens (tertiary/aromatic N) is 5. The third-order valence-corrected chi connectivity index (χ3v) is 4.07. The summed E-state index contributed by atoms with van der Waals surface area (Å²) in [6, 6.07) is 2.70. The Morgan fingerprint density at radius 2 is 1.84 bits per heavy atom. The van der Waals surface area contributed by atoms with E-state index in [0.717, 1.165) is 35.3 Å². The van der Waals surface area contributed by atoms with Crippen molar-refractivity contribution in [2.75, 3.05) is 10.6 Å². The van der Waals surface area contributed by atoms with Crippen LogP contribution in [0.5, 0.6) is 5.75 Å². The Labute approximate surface area is 175 Å². The highest BCUT2D eigenvalue weighted by Gasteiger charge is 2.34. The van der Waals surface area contributed by atoms with E-state index in [-0.39, 0.29) is 11.5 Å². The molecule has 0 saturated heterocycles. The predicted octanol–water partition coefficient (Wildman–Crippen LogP) is 2.80. The van der Waals surface area contributed by atoms with Crippen LogP contribution in [0.25, 0.3) is 0 Å². The Morgan fingerprint density at radius 3 is 2.45 bits per heavy atom. The molecule has 0 aliphatic carbocycles. The maximum atomic E-state index is 13.8. The standard InChI is InChI=1S/C16H10ClF4N7O3/c1-28-15(25-26-27-28)24-14(30)8-2-3-10(31-16(19,20)21)12(11(8)17)23-13(29)7-4-5-22-6-9(7)18/h2-6H,1H3,(H,23,29)(H,24,25,27,30). The summed E-state index contributed by atoms with van der Waals surface area (Å²) in [5.41, 5.74) is -1.57. The Morgan fingerprint density at radius 1 is 1.13 bits per heavy atom. The third-order valence-electron chi connectivity index (χ3n) is 3.68. The average molecular weight is 460 g/mol. The molecule has 0 saturated carbocycles. The number of aryl methyl sites for hydroxylation is 1. The number of benzene rings is 1. The highest BCUT2D eigenvalue weighted by Crippen LogP contribution is 2.38. The van der Waals surface area contributed by atoms with Crippen molar-refractivity contribution in [3.05, 3.63) is 52.6 Å². The number of carbonyl (C=O) groups excluding carboxylic acids is 2. The van der Waals surface area contributed by atoms with Crippen molar-refractivity contribution in [2.45, 2.75) is 6.36 Å². The van der Waals surface area contributed by atoms with Crippen LogP contribution in [0.1, 0.15) is 20.7 Å². The van der Waals surface area contributed by atoms with Crippen LogP contribution in [0.4, 0.5) is 29.2 Å². The van der Waals surface area contributed by atoms with Crippen molar-refractivity contribution in [3.8, 4) is 5.75 Å². The lowest BCUT2D eigenvalue weighted by Gasteiger charge is -2.17. The van der Waals surface area contributed by atoms with Crippen molar-refractivity contribution < 1.29 is 31.9 Å². The molecule has 2 aromatic heterocycles. The first-order chi connectivity index (χ1) is 14.6. The minimum Gasteiger partial charge on any atom is -0.404 e. The summed E-state index contributed by atoms with van der Waals surface area (Å²) < 4.78 is 57.1. The molecule has 10 nitrogen and oxygen atoms in total. The summed E-state index contributed by atoms with van der Waals surface area (Å²) in [6.07, 6.45) is -3.30. The van der Waals surface area contributed by atoms with Crippen LogP contribution in [-0.4, -0.2) is 43.4 Å². The molecule has 0 radical (unpaired) electrons. The molecule has 3 rings (SSSR count). The van der Waals surface area contributed by atoms with Crippen LogP contribution in [0.2, 0.25) is 5.02 Å². The summed E-state index contributed by atoms with van der Waals surface area (Å²) >= 11 is 6.10. The maximum absolute atomic E-state index is 13.8. The highest BCUT2D eigenvalue weighted by molar-refractivity contribution is 6.38. The van der Waals surface area contributed by atoms with E-state index in [2.05, 4.69) is 30.6 Å². The van der Waals surface area contributed by atoms with E-state index < -0.39 is 46.0 Å². The average Bonchev–Trinajstić information content (AvgIpc) is 3.08. The first-order valence-electron chi connectivity index (χ1n) is 8.09. The van der Waals surface area contributed by atoms with Gasteiger partial charge in [-0.2, -0.15) is 0 Å². The smallest absolute Gasteiger partial charge is 0.404 e. The van der Waals surface area contributed by atoms with Crippen molar-refractivity contribution in [3.63, 3.8) is 0 Å². The monoisotopic (exact) mass is 459 g/mol. The van der Waals surface area contributed by atoms with Gasteiger partial charge in [0.05, 0.1) is 22.3 Å². The molecule has 0 fully saturated rings. The maximum Gasteiger partial charge on any atom is 0.573 e. The van der Waals surface area contributed by atoms with E-state index >= 15 is 0 Å². The van der Waals surface area contributed by atoms with Gasteiger partial charge in [0.15, 0.2) is 11.6 Å². The van der Waals surface area contributed by atoms with Crippen molar-refractivity contribution in [1.82, 2.24) is 25.2 Å². The molecule has 0 bridgehead atoms. The Kier molecular flexibility index (Phi) is 6.01. The molecule has 162 valence electrons. The van der Waals surface area contributed by atoms with E-state index in [1.807, 2.05) is 5.32 Å². The fourth-order valence-electron chi connectivity index (χ4n) is 2.30. The van der Waals surface area contributed by atoms with E-state index in [4.69, 9.17) is 11.6 Å². The fraction of sp³-hybridized carbons (Fsp3) is 0.125. The minimum atomic E-state index is -5.14. The fourth-order valence-corrected chi connectivity index (χ4v) is 2.59. The van der Waals surface area contributed by atoms with Crippen LogP contribution in [0.15, 0.2) is 30.6 Å². The quantitative estimate of drug-likeness (QED) is 0.562. The highest BCUT2D eigenvalue weighted by atomic mass is 35.5. The van der Waals surface area contributed by atoms with Crippen LogP contribution < -0.4 is 15.4 Å². The molecule has 2 N–H and O–H groups in total. The molecule has 2 amide bonds. The zero-order chi connectivity index (χ0) is 22.8. The number of pyridine rings is 1. The van der Waals surface area contributed by atoms with E-state index in [1.165, 1.54) is 7.05 Å². The van der Waals surface area contributed by atoms with Crippen LogP contribution >= 0.6 is 11.6 Å². The second-order valence-electron chi connectivity index (χ2n) is 5.74. The lowest BCUT2D eigenvalue weighted by Crippen LogP contribution is -2.22. The number of ether oxygens (including phenoxy) is 1. The van der Waals surface area contributed by atoms with Gasteiger partial charge in [0.2, 0.25) is 5.95 Å². The first kappa shape index (κ1) is 21.9. The number of rotatable bonds is 5. The SMILES string of the molecule is Cn1nnnc1NC(=O)c1ccc(OC(F)(F)F)c(NC(=O)c2ccncc2F)c1Cl. The summed E-state index contributed by atoms with van der Waals surface area (Å²) in [5, 5.41) is 14.1. The minimum absolute atomic E-state index is 0.0823. The van der Waals surface area contributed by atoms with E-state index in [9.17, 15) is 27.2 Å². The summed E-state index contributed by atoms with van der Waals surface area (Å²) in [7, 11) is 1.42. The molecular weight excluding hydrogens is 450 g/mol. The number of nitrogens with one attached hydrogen (secondary N) is 2. The van der Waals surface area contributed by atoms with E-state index in [1.54, 1.807) is 0 Å². The summed E-state index contributed by atoms with van der Waals surface area (Å²) in [5.74, 6) is -4.08. The number of hydrogen-bond donors (Lipinski definition) is 2. The Bertz CT molecular complexity index is 1150. The van der Waals surface area contributed by atoms with Gasteiger partial charge in [-0.15, -0.1) is 13.2 Å². The van der Waals surface area contributed by atoms with Gasteiger partial charge in [0.25, 0.3) is 11.8 Å². The predicted molar refractivity (Wildman–Crippen MR) is 97.0 cm³/mol. The number of halogens is 5. The molecule has 15 heteroatoms. The van der Waals surface area contributed by atoms with Crippen molar-refractivity contribution in [1.29, 1.82) is 0 Å². The Balaban J connectivity index is 2.00. The molecular formula is C16H10ClF4N7O3. The first-order valence-corrected chi connectivity index (χ1v) is 8.47. The second kappa shape index (κ2) is 8.51. The number of aromatic nitrogens is 5. The molecule has 0 spiro atoms. The van der Waals surface area contributed by atoms with E-state index in [0.29, 0.717) is 0 Å². The van der Waals surface area contributed by atoms with Gasteiger partial charge in [-0.25, -0.2) is 9.07 Å². The van der Waals surface area contributed by atoms with Crippen molar-refractivity contribution in [2.24, 2.45) is 7.05 Å². The van der Waals surface area contributed by atoms with Gasteiger partial charge >= 0.3 is 6.36 Å². The van der Waals surface area contributed by atoms with Gasteiger partial charge in [-0.1, -0.05) is 16.7 Å². The van der Waals surface area contributed by atoms with Crippen LogP contribution in [0.3, 0.4) is 0 Å². The molecule has 3 aromatic rings. The molecule has 0 aliphatic heterocycles. The largest absolute Gasteiger partial charge is 0.573 e. The molecule has 0 atom stereocenters. The van der Waals surface area contributed by atoms with Gasteiger partial charge < -0.3 is 10.1 Å². The number of carbonyl (C=O) groups is 2. The lowest BCUT2D eigenvalue weighted by atomic mass is 10.1. The van der Waals surface area contributed by atoms with Crippen LogP contribution in [-0.2, 0) is 7.05 Å². The molecule has 0 aliphatic rings. The van der Waals surface area contributed by atoms with Gasteiger partial charge in [-0.3, -0.25) is 19.9 Å². The molecule has 1 aromatic carbocycles. The van der Waals surface area contributed by atoms with Crippen molar-refractivity contribution >= 4 is 35.1 Å². The number of anilines is 2. The topological polar surface area (TPSA) is 124 Å². The molecule has 0 unspecified atom stereocenters.